The normalized spacial score (nSPS) is 12.7. The van der Waals surface area contributed by atoms with Gasteiger partial charge in [-0.05, 0) is 0 Å². The molecule has 0 aliphatic carbocycles. The van der Waals surface area contributed by atoms with Gasteiger partial charge in [0.15, 0.2) is 0 Å². The van der Waals surface area contributed by atoms with E-state index in [0.717, 1.165) is 11.5 Å². The topological polar surface area (TPSA) is 18.5 Å². The van der Waals surface area contributed by atoms with Crippen LogP contribution in [-0.4, -0.2) is 51.0 Å². The number of hydrogen-bond donors (Lipinski definition) is 0. The Morgan fingerprint density at radius 2 is 1.00 bits per heavy atom. The predicted octanol–water partition coefficient (Wildman–Crippen LogP) is 2.86. The first-order valence-electron chi connectivity index (χ1n) is 5.88. The zero-order valence-electron chi connectivity index (χ0n) is 12.2. The Morgan fingerprint density at radius 3 is 1.18 bits per heavy atom. The molecule has 0 unspecified atom stereocenters. The summed E-state index contributed by atoms with van der Waals surface area (Å²) in [6.45, 7) is 0. The van der Waals surface area contributed by atoms with E-state index in [1.807, 2.05) is 11.3 Å². The Kier molecular flexibility index (Phi) is 5.15. The van der Waals surface area contributed by atoms with Gasteiger partial charge in [-0.2, -0.15) is 0 Å². The number of thiophene rings is 1. The molecule has 17 heavy (non-hydrogen) atoms. The summed E-state index contributed by atoms with van der Waals surface area (Å²) in [5.41, 5.74) is 0. The van der Waals surface area contributed by atoms with E-state index in [4.69, 9.17) is 9.47 Å². The second-order valence-corrected chi connectivity index (χ2v) is 38.0. The van der Waals surface area contributed by atoms with Crippen LogP contribution in [0.15, 0.2) is 0 Å². The molecule has 1 aromatic heterocycles. The fraction of sp³-hybridized carbons (Fsp3) is 0.667. The summed E-state index contributed by atoms with van der Waals surface area (Å²) in [6.07, 6.45) is 0. The third-order valence-corrected chi connectivity index (χ3v) is 22.4. The Morgan fingerprint density at radius 1 is 0.706 bits per heavy atom. The van der Waals surface area contributed by atoms with Crippen LogP contribution >= 0.6 is 11.3 Å². The molecule has 0 atom stereocenters. The summed E-state index contributed by atoms with van der Waals surface area (Å²) in [5, 5.41) is 0. The molecule has 0 spiro atoms. The van der Waals surface area contributed by atoms with E-state index in [0.29, 0.717) is 0 Å². The Bertz CT molecular complexity index is 363. The van der Waals surface area contributed by atoms with Crippen molar-refractivity contribution in [2.75, 3.05) is 14.2 Å². The second kappa shape index (κ2) is 5.49. The number of hydrogen-bond acceptors (Lipinski definition) is 3. The van der Waals surface area contributed by atoms with Gasteiger partial charge in [0, 0.05) is 0 Å². The quantitative estimate of drug-likeness (QED) is 0.632. The minimum absolute atomic E-state index is 1.04. The molecule has 0 radical (unpaired) electrons. The van der Waals surface area contributed by atoms with Gasteiger partial charge in [-0.1, -0.05) is 0 Å². The van der Waals surface area contributed by atoms with Gasteiger partial charge >= 0.3 is 119 Å². The SMILES string of the molecule is COc1[c]([Sn]([CH3])([CH3])[CH3])s[c]([Sn]([CH3])([CH3])[CH3])c1OC. The molecule has 0 aliphatic heterocycles. The number of rotatable bonds is 4. The maximum atomic E-state index is 5.64. The Labute approximate surface area is 117 Å². The molecule has 1 aromatic rings. The van der Waals surface area contributed by atoms with Crippen LogP contribution < -0.4 is 15.3 Å². The average molecular weight is 470 g/mol. The van der Waals surface area contributed by atoms with E-state index >= 15 is 0 Å². The molecule has 0 aromatic carbocycles. The van der Waals surface area contributed by atoms with E-state index in [2.05, 4.69) is 29.6 Å². The standard InChI is InChI=1S/C6H6O2S.6CH3.2Sn/c1-7-5-3-9-4-6(5)8-2;;;;;;;;/h1-2H3;6*1H3;;. The molecule has 1 heterocycles. The summed E-state index contributed by atoms with van der Waals surface area (Å²) < 4.78 is 14.3. The average Bonchev–Trinajstić information content (AvgIpc) is 2.54. The second-order valence-electron chi connectivity index (χ2n) is 6.33. The molecule has 98 valence electrons. The van der Waals surface area contributed by atoms with Gasteiger partial charge in [-0.25, -0.2) is 0 Å². The van der Waals surface area contributed by atoms with E-state index < -0.39 is 36.8 Å². The molecule has 2 nitrogen and oxygen atoms in total. The van der Waals surface area contributed by atoms with E-state index in [-0.39, 0.29) is 0 Å². The van der Waals surface area contributed by atoms with Crippen LogP contribution in [0.2, 0.25) is 29.6 Å². The van der Waals surface area contributed by atoms with Gasteiger partial charge < -0.3 is 0 Å². The number of methoxy groups -OCH3 is 2. The predicted molar refractivity (Wildman–Crippen MR) is 83.4 cm³/mol. The first-order valence-corrected chi connectivity index (χ1v) is 26.7. The Balaban J connectivity index is 3.50. The van der Waals surface area contributed by atoms with Crippen LogP contribution in [0.1, 0.15) is 0 Å². The summed E-state index contributed by atoms with van der Waals surface area (Å²) in [6, 6.07) is 0. The zero-order valence-corrected chi connectivity index (χ0v) is 18.7. The summed E-state index contributed by atoms with van der Waals surface area (Å²) >= 11 is -2.23. The van der Waals surface area contributed by atoms with E-state index in [1.54, 1.807) is 14.2 Å². The molecule has 0 fully saturated rings. The van der Waals surface area contributed by atoms with Crippen molar-refractivity contribution >= 4 is 53.9 Å². The molecule has 0 saturated heterocycles. The monoisotopic (exact) mass is 472 g/mol. The molecule has 0 aliphatic rings. The maximum absolute atomic E-state index is 5.64. The molecule has 1 rings (SSSR count). The van der Waals surface area contributed by atoms with Crippen molar-refractivity contribution in [3.05, 3.63) is 0 Å². The van der Waals surface area contributed by atoms with Crippen LogP contribution in [0, 0.1) is 0 Å². The summed E-state index contributed by atoms with van der Waals surface area (Å²) in [7, 11) is 3.54. The number of ether oxygens (including phenoxy) is 2. The van der Waals surface area contributed by atoms with Crippen LogP contribution in [0.25, 0.3) is 0 Å². The van der Waals surface area contributed by atoms with Crippen molar-refractivity contribution in [3.63, 3.8) is 0 Å². The molecule has 5 heteroatoms. The molecular weight excluding hydrogens is 446 g/mol. The van der Waals surface area contributed by atoms with E-state index in [1.165, 1.54) is 5.79 Å². The first kappa shape index (κ1) is 16.0. The molecule has 0 amide bonds. The molecular formula is C12H24O2SSn2. The summed E-state index contributed by atoms with van der Waals surface area (Å²) in [4.78, 5) is 14.6. The van der Waals surface area contributed by atoms with Gasteiger partial charge in [0.25, 0.3) is 0 Å². The minimum atomic E-state index is -2.11. The van der Waals surface area contributed by atoms with Crippen LogP contribution in [-0.2, 0) is 0 Å². The van der Waals surface area contributed by atoms with Gasteiger partial charge in [-0.3, -0.25) is 0 Å². The van der Waals surface area contributed by atoms with Crippen molar-refractivity contribution < 1.29 is 9.47 Å². The van der Waals surface area contributed by atoms with Crippen LogP contribution in [0.5, 0.6) is 11.5 Å². The van der Waals surface area contributed by atoms with Gasteiger partial charge in [0.2, 0.25) is 0 Å². The van der Waals surface area contributed by atoms with Crippen molar-refractivity contribution in [2.24, 2.45) is 0 Å². The van der Waals surface area contributed by atoms with Gasteiger partial charge in [0.05, 0.1) is 0 Å². The van der Waals surface area contributed by atoms with Crippen molar-refractivity contribution in [1.29, 1.82) is 0 Å². The Hall–Kier alpha value is 0.897. The van der Waals surface area contributed by atoms with E-state index in [9.17, 15) is 0 Å². The molecule has 0 N–H and O–H groups in total. The fourth-order valence-corrected chi connectivity index (χ4v) is 17.7. The van der Waals surface area contributed by atoms with Crippen LogP contribution in [0.4, 0.5) is 0 Å². The van der Waals surface area contributed by atoms with Gasteiger partial charge in [0.1, 0.15) is 0 Å². The van der Waals surface area contributed by atoms with Crippen LogP contribution in [0.3, 0.4) is 0 Å². The fourth-order valence-electron chi connectivity index (χ4n) is 1.76. The first-order chi connectivity index (χ1) is 7.62. The van der Waals surface area contributed by atoms with Gasteiger partial charge in [-0.15, -0.1) is 0 Å². The van der Waals surface area contributed by atoms with Crippen molar-refractivity contribution in [1.82, 2.24) is 0 Å². The third-order valence-electron chi connectivity index (χ3n) is 2.59. The zero-order chi connectivity index (χ0) is 13.4. The van der Waals surface area contributed by atoms with Crippen molar-refractivity contribution in [3.8, 4) is 11.5 Å². The molecule has 0 saturated carbocycles. The summed E-state index contributed by atoms with van der Waals surface area (Å²) in [5.74, 6) is 2.09. The molecule has 0 bridgehead atoms. The van der Waals surface area contributed by atoms with Crippen molar-refractivity contribution in [2.45, 2.75) is 29.6 Å². The third kappa shape index (κ3) is 3.47.